The number of halogens is 1. The first-order valence-electron chi connectivity index (χ1n) is 10.3. The van der Waals surface area contributed by atoms with E-state index in [4.69, 9.17) is 11.6 Å². The minimum atomic E-state index is -3.61. The summed E-state index contributed by atoms with van der Waals surface area (Å²) in [7, 11) is -3.61. The van der Waals surface area contributed by atoms with Gasteiger partial charge in [-0.3, -0.25) is 4.79 Å². The molecule has 162 valence electrons. The van der Waals surface area contributed by atoms with Crippen molar-refractivity contribution in [1.29, 1.82) is 0 Å². The van der Waals surface area contributed by atoms with Crippen molar-refractivity contribution in [3.63, 3.8) is 0 Å². The van der Waals surface area contributed by atoms with Gasteiger partial charge in [0.1, 0.15) is 0 Å². The molecule has 0 radical (unpaired) electrons. The van der Waals surface area contributed by atoms with E-state index in [9.17, 15) is 13.2 Å². The Kier molecular flexibility index (Phi) is 7.39. The Morgan fingerprint density at radius 3 is 2.30 bits per heavy atom. The Hall–Kier alpha value is -2.09. The topological polar surface area (TPSA) is 69.7 Å². The van der Waals surface area contributed by atoms with Crippen LogP contribution >= 0.6 is 11.6 Å². The highest BCUT2D eigenvalue weighted by molar-refractivity contribution is 7.89. The highest BCUT2D eigenvalue weighted by atomic mass is 35.5. The molecule has 1 saturated heterocycles. The van der Waals surface area contributed by atoms with Crippen LogP contribution in [0.1, 0.15) is 42.6 Å². The number of amides is 1. The normalized spacial score (nSPS) is 14.6. The largest absolute Gasteiger partial charge is 0.372 e. The number of carbonyl (C=O) groups is 1. The van der Waals surface area contributed by atoms with Crippen molar-refractivity contribution in [3.8, 4) is 0 Å². The van der Waals surface area contributed by atoms with Crippen LogP contribution < -0.4 is 10.2 Å². The van der Waals surface area contributed by atoms with Gasteiger partial charge >= 0.3 is 0 Å². The summed E-state index contributed by atoms with van der Waals surface area (Å²) in [5.74, 6) is -0.397. The van der Waals surface area contributed by atoms with E-state index in [2.05, 4.69) is 24.1 Å². The maximum atomic E-state index is 12.8. The summed E-state index contributed by atoms with van der Waals surface area (Å²) in [6.07, 6.45) is 1.71. The standard InChI is InChI=1S/C22H28ClN3O3S/c1-3-25(4-2)18-9-7-17(8-10-18)16-24-22(27)20-15-19(11-12-21(20)23)30(28,29)26-13-5-6-14-26/h7-12,15H,3-6,13-14,16H2,1-2H3,(H,24,27). The fraction of sp³-hybridized carbons (Fsp3) is 0.409. The molecule has 0 saturated carbocycles. The Bertz CT molecular complexity index is 983. The van der Waals surface area contributed by atoms with Crippen LogP contribution in [0.3, 0.4) is 0 Å². The zero-order valence-electron chi connectivity index (χ0n) is 17.4. The molecule has 2 aromatic rings. The van der Waals surface area contributed by atoms with Gasteiger partial charge in [0.2, 0.25) is 10.0 Å². The first kappa shape index (κ1) is 22.6. The minimum absolute atomic E-state index is 0.0996. The molecule has 1 N–H and O–H groups in total. The summed E-state index contributed by atoms with van der Waals surface area (Å²) in [5.41, 5.74) is 2.26. The minimum Gasteiger partial charge on any atom is -0.372 e. The summed E-state index contributed by atoms with van der Waals surface area (Å²) in [5, 5.41) is 3.06. The Morgan fingerprint density at radius 1 is 1.07 bits per heavy atom. The third-order valence-electron chi connectivity index (χ3n) is 5.40. The lowest BCUT2D eigenvalue weighted by Gasteiger charge is -2.21. The number of nitrogens with zero attached hydrogens (tertiary/aromatic N) is 2. The fourth-order valence-corrected chi connectivity index (χ4v) is 5.35. The number of benzene rings is 2. The Morgan fingerprint density at radius 2 is 1.70 bits per heavy atom. The molecular formula is C22H28ClN3O3S. The SMILES string of the molecule is CCN(CC)c1ccc(CNC(=O)c2cc(S(=O)(=O)N3CCCC3)ccc2Cl)cc1. The van der Waals surface area contributed by atoms with Gasteiger partial charge in [0.25, 0.3) is 5.91 Å². The van der Waals surface area contributed by atoms with Gasteiger partial charge in [-0.25, -0.2) is 8.42 Å². The van der Waals surface area contributed by atoms with Gasteiger partial charge in [-0.05, 0) is 62.6 Å². The van der Waals surface area contributed by atoms with E-state index in [1.165, 1.54) is 22.5 Å². The number of anilines is 1. The van der Waals surface area contributed by atoms with Gasteiger partial charge in [-0.1, -0.05) is 23.7 Å². The van der Waals surface area contributed by atoms with Crippen LogP contribution in [0, 0.1) is 0 Å². The maximum absolute atomic E-state index is 12.8. The Labute approximate surface area is 183 Å². The molecule has 1 fully saturated rings. The first-order valence-corrected chi connectivity index (χ1v) is 12.1. The lowest BCUT2D eigenvalue weighted by Crippen LogP contribution is -2.28. The molecule has 8 heteroatoms. The van der Waals surface area contributed by atoms with E-state index >= 15 is 0 Å². The molecule has 30 heavy (non-hydrogen) atoms. The molecule has 0 bridgehead atoms. The maximum Gasteiger partial charge on any atom is 0.253 e. The number of rotatable bonds is 8. The molecular weight excluding hydrogens is 422 g/mol. The van der Waals surface area contributed by atoms with E-state index in [1.807, 2.05) is 24.3 Å². The molecule has 0 spiro atoms. The first-order chi connectivity index (χ1) is 14.4. The molecule has 6 nitrogen and oxygen atoms in total. The van der Waals surface area contributed by atoms with Gasteiger partial charge in [-0.15, -0.1) is 0 Å². The lowest BCUT2D eigenvalue weighted by atomic mass is 10.1. The van der Waals surface area contributed by atoms with Crippen LogP contribution in [0.5, 0.6) is 0 Å². The zero-order valence-corrected chi connectivity index (χ0v) is 19.0. The van der Waals surface area contributed by atoms with Crippen LogP contribution in [0.2, 0.25) is 5.02 Å². The van der Waals surface area contributed by atoms with Crippen molar-refractivity contribution in [3.05, 3.63) is 58.6 Å². The number of hydrogen-bond donors (Lipinski definition) is 1. The van der Waals surface area contributed by atoms with E-state index in [0.717, 1.165) is 37.2 Å². The van der Waals surface area contributed by atoms with E-state index in [-0.39, 0.29) is 15.5 Å². The molecule has 1 heterocycles. The zero-order chi connectivity index (χ0) is 21.7. The van der Waals surface area contributed by atoms with Crippen molar-refractivity contribution >= 4 is 33.2 Å². The quantitative estimate of drug-likeness (QED) is 0.663. The summed E-state index contributed by atoms with van der Waals surface area (Å²) < 4.78 is 27.0. The van der Waals surface area contributed by atoms with Crippen molar-refractivity contribution in [2.75, 3.05) is 31.1 Å². The molecule has 1 aliphatic rings. The second kappa shape index (κ2) is 9.81. The summed E-state index contributed by atoms with van der Waals surface area (Å²) >= 11 is 6.20. The van der Waals surface area contributed by atoms with Crippen LogP contribution in [-0.2, 0) is 16.6 Å². The monoisotopic (exact) mass is 449 g/mol. The van der Waals surface area contributed by atoms with E-state index < -0.39 is 15.9 Å². The average Bonchev–Trinajstić information content (AvgIpc) is 3.30. The molecule has 0 unspecified atom stereocenters. The van der Waals surface area contributed by atoms with Crippen molar-refractivity contribution in [2.24, 2.45) is 0 Å². The number of nitrogens with one attached hydrogen (secondary N) is 1. The second-order valence-electron chi connectivity index (χ2n) is 7.27. The molecule has 3 rings (SSSR count). The number of carbonyl (C=O) groups excluding carboxylic acids is 1. The van der Waals surface area contributed by atoms with Gasteiger partial charge < -0.3 is 10.2 Å². The van der Waals surface area contributed by atoms with Crippen molar-refractivity contribution in [1.82, 2.24) is 9.62 Å². The van der Waals surface area contributed by atoms with Gasteiger partial charge in [0, 0.05) is 38.4 Å². The van der Waals surface area contributed by atoms with Crippen molar-refractivity contribution in [2.45, 2.75) is 38.1 Å². The van der Waals surface area contributed by atoms with E-state index in [0.29, 0.717) is 19.6 Å². The van der Waals surface area contributed by atoms with Crippen molar-refractivity contribution < 1.29 is 13.2 Å². The Balaban J connectivity index is 1.71. The van der Waals surface area contributed by atoms with Crippen LogP contribution in [0.4, 0.5) is 5.69 Å². The highest BCUT2D eigenvalue weighted by Crippen LogP contribution is 2.25. The van der Waals surface area contributed by atoms with Gasteiger partial charge in [-0.2, -0.15) is 4.31 Å². The third kappa shape index (κ3) is 4.96. The highest BCUT2D eigenvalue weighted by Gasteiger charge is 2.28. The summed E-state index contributed by atoms with van der Waals surface area (Å²) in [4.78, 5) is 15.0. The summed E-state index contributed by atoms with van der Waals surface area (Å²) in [6.45, 7) is 7.44. The van der Waals surface area contributed by atoms with Crippen LogP contribution in [-0.4, -0.2) is 44.8 Å². The third-order valence-corrected chi connectivity index (χ3v) is 7.63. The van der Waals surface area contributed by atoms with Gasteiger partial charge in [0.05, 0.1) is 15.5 Å². The van der Waals surface area contributed by atoms with Crippen LogP contribution in [0.15, 0.2) is 47.4 Å². The smallest absolute Gasteiger partial charge is 0.253 e. The average molecular weight is 450 g/mol. The van der Waals surface area contributed by atoms with E-state index in [1.54, 1.807) is 0 Å². The number of sulfonamides is 1. The lowest BCUT2D eigenvalue weighted by molar-refractivity contribution is 0.0951. The number of hydrogen-bond acceptors (Lipinski definition) is 4. The summed E-state index contributed by atoms with van der Waals surface area (Å²) in [6, 6.07) is 12.3. The molecule has 0 aliphatic carbocycles. The molecule has 1 aliphatic heterocycles. The molecule has 0 aromatic heterocycles. The predicted octanol–water partition coefficient (Wildman–Crippen LogP) is 3.90. The molecule has 1 amide bonds. The van der Waals surface area contributed by atoms with Gasteiger partial charge in [0.15, 0.2) is 0 Å². The predicted molar refractivity (Wildman–Crippen MR) is 121 cm³/mol. The fourth-order valence-electron chi connectivity index (χ4n) is 3.61. The second-order valence-corrected chi connectivity index (χ2v) is 9.62. The molecule has 2 aromatic carbocycles. The van der Waals surface area contributed by atoms with Crippen LogP contribution in [0.25, 0.3) is 0 Å². The molecule has 0 atom stereocenters.